The van der Waals surface area contributed by atoms with Crippen LogP contribution >= 0.6 is 0 Å². The van der Waals surface area contributed by atoms with Gasteiger partial charge in [0.1, 0.15) is 0 Å². The lowest BCUT2D eigenvalue weighted by Crippen LogP contribution is -2.27. The van der Waals surface area contributed by atoms with Crippen molar-refractivity contribution in [2.75, 3.05) is 18.5 Å². The Labute approximate surface area is 163 Å². The Kier molecular flexibility index (Phi) is 7.08. The molecule has 2 aromatic carbocycles. The molecule has 2 amide bonds. The van der Waals surface area contributed by atoms with Gasteiger partial charge in [0.2, 0.25) is 5.91 Å². The van der Waals surface area contributed by atoms with Crippen LogP contribution in [0.4, 0.5) is 11.4 Å². The summed E-state index contributed by atoms with van der Waals surface area (Å²) in [7, 11) is 0. The third-order valence-electron chi connectivity index (χ3n) is 4.10. The molecule has 0 saturated heterocycles. The van der Waals surface area contributed by atoms with Crippen LogP contribution in [0.15, 0.2) is 42.5 Å². The molecule has 0 fully saturated rings. The van der Waals surface area contributed by atoms with Crippen molar-refractivity contribution in [2.45, 2.75) is 27.3 Å². The minimum atomic E-state index is -0.580. The molecular weight excluding hydrogens is 362 g/mol. The second-order valence-electron chi connectivity index (χ2n) is 6.06. The molecule has 0 spiro atoms. The zero-order chi connectivity index (χ0) is 20.7. The first-order chi connectivity index (χ1) is 13.3. The van der Waals surface area contributed by atoms with E-state index in [1.165, 1.54) is 25.1 Å². The summed E-state index contributed by atoms with van der Waals surface area (Å²) >= 11 is 0. The first kappa shape index (κ1) is 20.9. The van der Waals surface area contributed by atoms with Crippen molar-refractivity contribution in [3.05, 3.63) is 63.7 Å². The molecule has 0 bridgehead atoms. The van der Waals surface area contributed by atoms with Crippen LogP contribution in [0.2, 0.25) is 0 Å². The lowest BCUT2D eigenvalue weighted by Gasteiger charge is -2.19. The quantitative estimate of drug-likeness (QED) is 0.552. The summed E-state index contributed by atoms with van der Waals surface area (Å²) in [6, 6.07) is 11.2. The highest BCUT2D eigenvalue weighted by Crippen LogP contribution is 2.28. The Bertz CT molecular complexity index is 882. The molecule has 0 aliphatic carbocycles. The van der Waals surface area contributed by atoms with Crippen LogP contribution in [0.25, 0.3) is 0 Å². The van der Waals surface area contributed by atoms with E-state index in [1.807, 2.05) is 13.0 Å². The fourth-order valence-corrected chi connectivity index (χ4v) is 2.70. The van der Waals surface area contributed by atoms with Gasteiger partial charge in [0.25, 0.3) is 5.91 Å². The third kappa shape index (κ3) is 5.29. The molecule has 2 aromatic rings. The van der Waals surface area contributed by atoms with Crippen molar-refractivity contribution in [2.24, 2.45) is 0 Å². The van der Waals surface area contributed by atoms with Crippen LogP contribution in [0.5, 0.6) is 5.75 Å². The SMILES string of the molecule is CCOc1ccc(C(=O)Nc2cccc(CN(CC)C(C)=O)c2)cc1[N+](=O)[O-]. The average Bonchev–Trinajstić information content (AvgIpc) is 2.66. The minimum Gasteiger partial charge on any atom is -0.487 e. The first-order valence-corrected chi connectivity index (χ1v) is 8.92. The van der Waals surface area contributed by atoms with Crippen molar-refractivity contribution in [3.8, 4) is 5.75 Å². The second-order valence-corrected chi connectivity index (χ2v) is 6.06. The zero-order valence-electron chi connectivity index (χ0n) is 16.1. The highest BCUT2D eigenvalue weighted by molar-refractivity contribution is 6.04. The summed E-state index contributed by atoms with van der Waals surface area (Å²) in [6.07, 6.45) is 0. The van der Waals surface area contributed by atoms with Crippen molar-refractivity contribution in [3.63, 3.8) is 0 Å². The number of nitro groups is 1. The van der Waals surface area contributed by atoms with Crippen molar-refractivity contribution in [1.82, 2.24) is 4.90 Å². The van der Waals surface area contributed by atoms with E-state index in [-0.39, 0.29) is 29.5 Å². The summed E-state index contributed by atoms with van der Waals surface area (Å²) in [5.74, 6) is -0.379. The molecule has 0 unspecified atom stereocenters. The highest BCUT2D eigenvalue weighted by atomic mass is 16.6. The van der Waals surface area contributed by atoms with Gasteiger partial charge in [-0.25, -0.2) is 0 Å². The van der Waals surface area contributed by atoms with Crippen LogP contribution in [0.1, 0.15) is 36.7 Å². The van der Waals surface area contributed by atoms with Gasteiger partial charge in [-0.05, 0) is 43.7 Å². The largest absolute Gasteiger partial charge is 0.487 e. The molecular formula is C20H23N3O5. The molecule has 0 aromatic heterocycles. The van der Waals surface area contributed by atoms with Crippen LogP contribution < -0.4 is 10.1 Å². The number of anilines is 1. The molecule has 28 heavy (non-hydrogen) atoms. The Morgan fingerprint density at radius 3 is 2.54 bits per heavy atom. The van der Waals surface area contributed by atoms with Gasteiger partial charge in [0.15, 0.2) is 5.75 Å². The molecule has 0 saturated carbocycles. The maximum atomic E-state index is 12.5. The summed E-state index contributed by atoms with van der Waals surface area (Å²) in [5, 5.41) is 14.0. The smallest absolute Gasteiger partial charge is 0.311 e. The Morgan fingerprint density at radius 1 is 1.18 bits per heavy atom. The molecule has 1 N–H and O–H groups in total. The summed E-state index contributed by atoms with van der Waals surface area (Å²) in [6.45, 7) is 6.43. The van der Waals surface area contributed by atoms with Gasteiger partial charge < -0.3 is 15.0 Å². The predicted octanol–water partition coefficient (Wildman–Crippen LogP) is 3.61. The lowest BCUT2D eigenvalue weighted by atomic mass is 10.1. The molecule has 8 nitrogen and oxygen atoms in total. The number of hydrogen-bond donors (Lipinski definition) is 1. The zero-order valence-corrected chi connectivity index (χ0v) is 16.1. The fraction of sp³-hybridized carbons (Fsp3) is 0.300. The van der Waals surface area contributed by atoms with Crippen LogP contribution in [-0.2, 0) is 11.3 Å². The van der Waals surface area contributed by atoms with Gasteiger partial charge in [-0.1, -0.05) is 12.1 Å². The van der Waals surface area contributed by atoms with Gasteiger partial charge in [-0.2, -0.15) is 0 Å². The van der Waals surface area contributed by atoms with E-state index in [1.54, 1.807) is 30.0 Å². The Morgan fingerprint density at radius 2 is 1.93 bits per heavy atom. The summed E-state index contributed by atoms with van der Waals surface area (Å²) in [5.41, 5.74) is 1.30. The third-order valence-corrected chi connectivity index (χ3v) is 4.10. The average molecular weight is 385 g/mol. The van der Waals surface area contributed by atoms with E-state index < -0.39 is 10.8 Å². The molecule has 0 aliphatic rings. The fourth-order valence-electron chi connectivity index (χ4n) is 2.70. The number of amides is 2. The van der Waals surface area contributed by atoms with Crippen molar-refractivity contribution < 1.29 is 19.2 Å². The number of nitrogens with zero attached hydrogens (tertiary/aromatic N) is 2. The molecule has 0 radical (unpaired) electrons. The maximum Gasteiger partial charge on any atom is 0.311 e. The van der Waals surface area contributed by atoms with E-state index in [0.29, 0.717) is 18.8 Å². The van der Waals surface area contributed by atoms with Crippen LogP contribution in [0.3, 0.4) is 0 Å². The molecule has 0 atom stereocenters. The number of nitro benzene ring substituents is 1. The van der Waals surface area contributed by atoms with Gasteiger partial charge in [-0.15, -0.1) is 0 Å². The molecule has 0 heterocycles. The number of ether oxygens (including phenoxy) is 1. The summed E-state index contributed by atoms with van der Waals surface area (Å²) < 4.78 is 5.23. The highest BCUT2D eigenvalue weighted by Gasteiger charge is 2.19. The van der Waals surface area contributed by atoms with Gasteiger partial charge in [0.05, 0.1) is 11.5 Å². The minimum absolute atomic E-state index is 0.0290. The maximum absolute atomic E-state index is 12.5. The van der Waals surface area contributed by atoms with Gasteiger partial charge in [0, 0.05) is 37.3 Å². The topological polar surface area (TPSA) is 102 Å². The predicted molar refractivity (Wildman–Crippen MR) is 105 cm³/mol. The van der Waals surface area contributed by atoms with Crippen LogP contribution in [0, 0.1) is 10.1 Å². The second kappa shape index (κ2) is 9.50. The first-order valence-electron chi connectivity index (χ1n) is 8.92. The standard InChI is InChI=1S/C20H23N3O5/c1-4-22(14(3)24)13-15-7-6-8-17(11-15)21-20(25)16-9-10-19(28-5-2)18(12-16)23(26)27/h6-12H,4-5,13H2,1-3H3,(H,21,25). The van der Waals surface area contributed by atoms with E-state index in [4.69, 9.17) is 4.74 Å². The number of carbonyl (C=O) groups excluding carboxylic acids is 2. The molecule has 8 heteroatoms. The Hall–Kier alpha value is -3.42. The Balaban J connectivity index is 2.19. The summed E-state index contributed by atoms with van der Waals surface area (Å²) in [4.78, 5) is 36.4. The number of benzene rings is 2. The number of rotatable bonds is 8. The van der Waals surface area contributed by atoms with Gasteiger partial charge in [-0.3, -0.25) is 19.7 Å². The van der Waals surface area contributed by atoms with Crippen LogP contribution in [-0.4, -0.2) is 34.8 Å². The molecule has 2 rings (SSSR count). The number of nitrogens with one attached hydrogen (secondary N) is 1. The number of hydrogen-bond acceptors (Lipinski definition) is 5. The normalized spacial score (nSPS) is 10.2. The van der Waals surface area contributed by atoms with Crippen molar-refractivity contribution >= 4 is 23.2 Å². The monoisotopic (exact) mass is 385 g/mol. The van der Waals surface area contributed by atoms with E-state index in [0.717, 1.165) is 5.56 Å². The molecule has 148 valence electrons. The van der Waals surface area contributed by atoms with Gasteiger partial charge >= 0.3 is 5.69 Å². The lowest BCUT2D eigenvalue weighted by molar-refractivity contribution is -0.385. The van der Waals surface area contributed by atoms with E-state index in [2.05, 4.69) is 5.32 Å². The molecule has 0 aliphatic heterocycles. The van der Waals surface area contributed by atoms with E-state index >= 15 is 0 Å². The number of carbonyl (C=O) groups is 2. The van der Waals surface area contributed by atoms with E-state index in [9.17, 15) is 19.7 Å². The van der Waals surface area contributed by atoms with Crippen molar-refractivity contribution in [1.29, 1.82) is 0 Å².